The summed E-state index contributed by atoms with van der Waals surface area (Å²) in [7, 11) is 2.59. The maximum atomic E-state index is 15.4. The van der Waals surface area contributed by atoms with Gasteiger partial charge in [0.25, 0.3) is 0 Å². The van der Waals surface area contributed by atoms with Crippen molar-refractivity contribution < 1.29 is 32.5 Å². The number of hydrogen-bond acceptors (Lipinski definition) is 10. The first-order chi connectivity index (χ1) is 19.4. The minimum Gasteiger partial charge on any atom is -0.494 e. The monoisotopic (exact) mass is 555 g/mol. The number of carbonyl (C=O) groups excluding carboxylic acids is 1. The van der Waals surface area contributed by atoms with E-state index < -0.39 is 11.6 Å². The van der Waals surface area contributed by atoms with Crippen LogP contribution >= 0.6 is 0 Å². The molecule has 212 valence electrons. The van der Waals surface area contributed by atoms with Gasteiger partial charge in [0, 0.05) is 43.8 Å². The molecule has 1 N–H and O–H groups in total. The number of allylic oxidation sites excluding steroid dienone is 1. The summed E-state index contributed by atoms with van der Waals surface area (Å²) in [5.74, 6) is -1.33. The summed E-state index contributed by atoms with van der Waals surface area (Å²) in [5.41, 5.74) is 0.187. The minimum atomic E-state index is -0.891. The van der Waals surface area contributed by atoms with Crippen LogP contribution in [-0.4, -0.2) is 80.5 Å². The number of hydrogen-bond donors (Lipinski definition) is 1. The lowest BCUT2D eigenvalue weighted by molar-refractivity contribution is -0.116. The second kappa shape index (κ2) is 12.1. The number of aromatic nitrogens is 3. The Balaban J connectivity index is 1.59. The van der Waals surface area contributed by atoms with E-state index in [0.717, 1.165) is 12.5 Å². The SMILES string of the molecule is C=CC(=O)C[C@H]1CCOC[C@H]1Nc1ncc2cc(-c3c(F)c(OC)cc(OC)c3F)nc(N3CCOCC3)c2n1. The zero-order valence-electron chi connectivity index (χ0n) is 22.4. The largest absolute Gasteiger partial charge is 0.494 e. The number of ketones is 1. The van der Waals surface area contributed by atoms with Gasteiger partial charge in [-0.05, 0) is 24.5 Å². The van der Waals surface area contributed by atoms with Crippen molar-refractivity contribution in [1.82, 2.24) is 15.0 Å². The summed E-state index contributed by atoms with van der Waals surface area (Å²) < 4.78 is 52.2. The molecule has 2 aliphatic rings. The van der Waals surface area contributed by atoms with Crippen molar-refractivity contribution in [3.05, 3.63) is 42.6 Å². The quantitative estimate of drug-likeness (QED) is 0.392. The fourth-order valence-corrected chi connectivity index (χ4v) is 5.02. The molecule has 2 saturated heterocycles. The number of ether oxygens (including phenoxy) is 4. The number of rotatable bonds is 9. The van der Waals surface area contributed by atoms with Crippen LogP contribution in [0.4, 0.5) is 20.5 Å². The van der Waals surface area contributed by atoms with E-state index in [1.807, 2.05) is 4.90 Å². The van der Waals surface area contributed by atoms with Gasteiger partial charge >= 0.3 is 0 Å². The third kappa shape index (κ3) is 5.54. The van der Waals surface area contributed by atoms with E-state index in [1.54, 1.807) is 12.3 Å². The molecule has 5 rings (SSSR count). The van der Waals surface area contributed by atoms with Crippen molar-refractivity contribution in [3.8, 4) is 22.8 Å². The summed E-state index contributed by atoms with van der Waals surface area (Å²) in [4.78, 5) is 27.9. The lowest BCUT2D eigenvalue weighted by Crippen LogP contribution is -2.40. The molecule has 3 aromatic rings. The first kappa shape index (κ1) is 27.7. The number of morpholine rings is 1. The Hall–Kier alpha value is -3.90. The van der Waals surface area contributed by atoms with Crippen LogP contribution in [-0.2, 0) is 14.3 Å². The molecule has 0 unspecified atom stereocenters. The number of nitrogens with one attached hydrogen (secondary N) is 1. The predicted octanol–water partition coefficient (Wildman–Crippen LogP) is 3.79. The Morgan fingerprint density at radius 2 is 1.85 bits per heavy atom. The van der Waals surface area contributed by atoms with Crippen LogP contribution in [0, 0.1) is 17.6 Å². The molecule has 0 saturated carbocycles. The lowest BCUT2D eigenvalue weighted by atomic mass is 9.90. The van der Waals surface area contributed by atoms with Crippen molar-refractivity contribution in [2.24, 2.45) is 5.92 Å². The topological polar surface area (TPSA) is 108 Å². The zero-order valence-corrected chi connectivity index (χ0v) is 22.4. The van der Waals surface area contributed by atoms with Gasteiger partial charge in [0.2, 0.25) is 5.95 Å². The van der Waals surface area contributed by atoms with Crippen molar-refractivity contribution in [3.63, 3.8) is 0 Å². The molecular weight excluding hydrogens is 524 g/mol. The van der Waals surface area contributed by atoms with Gasteiger partial charge in [0.1, 0.15) is 5.52 Å². The predicted molar refractivity (Wildman–Crippen MR) is 145 cm³/mol. The Kier molecular flexibility index (Phi) is 8.36. The standard InChI is InChI=1S/C28H31F2N5O5/c1-4-18(36)11-16-5-8-40-15-20(16)33-28-31-14-17-12-19(23-24(29)21(37-2)13-22(38-3)25(23)30)32-27(26(17)34-28)35-6-9-39-10-7-35/h4,12-14,16,20H,1,5-11,15H2,2-3H3,(H,31,33,34)/t16-,20-/m1/s1. The molecule has 10 nitrogen and oxygen atoms in total. The van der Waals surface area contributed by atoms with Gasteiger partial charge < -0.3 is 29.2 Å². The van der Waals surface area contributed by atoms with Crippen molar-refractivity contribution >= 4 is 28.5 Å². The summed E-state index contributed by atoms with van der Waals surface area (Å²) in [6, 6.07) is 2.52. The highest BCUT2D eigenvalue weighted by atomic mass is 19.1. The van der Waals surface area contributed by atoms with Gasteiger partial charge in [-0.3, -0.25) is 4.79 Å². The third-order valence-electron chi connectivity index (χ3n) is 7.19. The lowest BCUT2D eigenvalue weighted by Gasteiger charge is -2.32. The number of anilines is 2. The fourth-order valence-electron chi connectivity index (χ4n) is 5.02. The first-order valence-corrected chi connectivity index (χ1v) is 13.0. The van der Waals surface area contributed by atoms with Crippen LogP contribution in [0.2, 0.25) is 0 Å². The normalized spacial score (nSPS) is 19.4. The number of nitrogens with zero attached hydrogens (tertiary/aromatic N) is 4. The van der Waals surface area contributed by atoms with Crippen LogP contribution in [0.3, 0.4) is 0 Å². The Bertz CT molecular complexity index is 1390. The van der Waals surface area contributed by atoms with Crippen LogP contribution < -0.4 is 19.7 Å². The van der Waals surface area contributed by atoms with Crippen LogP contribution in [0.15, 0.2) is 31.0 Å². The number of halogens is 2. The summed E-state index contributed by atoms with van der Waals surface area (Å²) in [6.07, 6.45) is 3.99. The van der Waals surface area contributed by atoms with E-state index in [4.69, 9.17) is 28.9 Å². The van der Waals surface area contributed by atoms with Gasteiger partial charge in [-0.1, -0.05) is 6.58 Å². The van der Waals surface area contributed by atoms with Gasteiger partial charge in [-0.2, -0.15) is 0 Å². The van der Waals surface area contributed by atoms with E-state index in [0.29, 0.717) is 68.6 Å². The molecule has 2 atom stereocenters. The average molecular weight is 556 g/mol. The molecule has 0 bridgehead atoms. The fraction of sp³-hybridized carbons (Fsp3) is 0.429. The molecular formula is C28H31F2N5O5. The summed E-state index contributed by atoms with van der Waals surface area (Å²) >= 11 is 0. The summed E-state index contributed by atoms with van der Waals surface area (Å²) in [6.45, 7) is 6.53. The zero-order chi connectivity index (χ0) is 28.2. The number of methoxy groups -OCH3 is 2. The van der Waals surface area contributed by atoms with Gasteiger partial charge in [0.15, 0.2) is 34.7 Å². The second-order valence-electron chi connectivity index (χ2n) is 9.60. The Labute approximate surface area is 230 Å². The van der Waals surface area contributed by atoms with Crippen molar-refractivity contribution in [1.29, 1.82) is 0 Å². The highest BCUT2D eigenvalue weighted by molar-refractivity contribution is 5.92. The van der Waals surface area contributed by atoms with Gasteiger partial charge in [-0.25, -0.2) is 23.7 Å². The number of pyridine rings is 1. The summed E-state index contributed by atoms with van der Waals surface area (Å²) in [5, 5.41) is 3.86. The highest BCUT2D eigenvalue weighted by Crippen LogP contribution is 2.39. The molecule has 0 radical (unpaired) electrons. The van der Waals surface area contributed by atoms with E-state index in [-0.39, 0.29) is 40.5 Å². The highest BCUT2D eigenvalue weighted by Gasteiger charge is 2.29. The van der Waals surface area contributed by atoms with Crippen molar-refractivity contribution in [2.75, 3.05) is 64.0 Å². The van der Waals surface area contributed by atoms with Gasteiger partial charge in [0.05, 0.1) is 51.3 Å². The molecule has 2 aromatic heterocycles. The van der Waals surface area contributed by atoms with E-state index in [2.05, 4.69) is 16.9 Å². The number of benzene rings is 1. The van der Waals surface area contributed by atoms with Crippen LogP contribution in [0.1, 0.15) is 12.8 Å². The molecule has 2 aliphatic heterocycles. The van der Waals surface area contributed by atoms with E-state index in [1.165, 1.54) is 20.3 Å². The maximum Gasteiger partial charge on any atom is 0.223 e. The molecule has 4 heterocycles. The second-order valence-corrected chi connectivity index (χ2v) is 9.60. The molecule has 2 fully saturated rings. The van der Waals surface area contributed by atoms with Crippen LogP contribution in [0.25, 0.3) is 22.2 Å². The Morgan fingerprint density at radius 3 is 2.52 bits per heavy atom. The Morgan fingerprint density at radius 1 is 1.12 bits per heavy atom. The molecule has 0 spiro atoms. The average Bonchev–Trinajstić information content (AvgIpc) is 2.98. The minimum absolute atomic E-state index is 0.0295. The first-order valence-electron chi connectivity index (χ1n) is 13.0. The molecule has 12 heteroatoms. The van der Waals surface area contributed by atoms with E-state index in [9.17, 15) is 4.79 Å². The van der Waals surface area contributed by atoms with E-state index >= 15 is 8.78 Å². The maximum absolute atomic E-state index is 15.4. The third-order valence-corrected chi connectivity index (χ3v) is 7.19. The van der Waals surface area contributed by atoms with Crippen LogP contribution in [0.5, 0.6) is 11.5 Å². The molecule has 1 aromatic carbocycles. The molecule has 0 aliphatic carbocycles. The number of fused-ring (bicyclic) bond motifs is 1. The number of carbonyl (C=O) groups is 1. The molecule has 40 heavy (non-hydrogen) atoms. The smallest absolute Gasteiger partial charge is 0.223 e. The van der Waals surface area contributed by atoms with Gasteiger partial charge in [-0.15, -0.1) is 0 Å². The molecule has 0 amide bonds. The van der Waals surface area contributed by atoms with Crippen molar-refractivity contribution in [2.45, 2.75) is 18.9 Å².